The predicted molar refractivity (Wildman–Crippen MR) is 134 cm³/mol. The van der Waals surface area contributed by atoms with Gasteiger partial charge in [-0.15, -0.1) is 0 Å². The van der Waals surface area contributed by atoms with Crippen LogP contribution in [0, 0.1) is 5.92 Å². The van der Waals surface area contributed by atoms with Crippen LogP contribution in [0.2, 0.25) is 5.02 Å². The first kappa shape index (κ1) is 24.9. The van der Waals surface area contributed by atoms with E-state index in [-0.39, 0.29) is 34.2 Å². The molecule has 2 aromatic carbocycles. The summed E-state index contributed by atoms with van der Waals surface area (Å²) in [5.41, 5.74) is 0.611. The maximum Gasteiger partial charge on any atom is 0.416 e. The van der Waals surface area contributed by atoms with E-state index in [9.17, 15) is 22.8 Å². The Morgan fingerprint density at radius 3 is 2.78 bits per heavy atom. The van der Waals surface area contributed by atoms with Gasteiger partial charge >= 0.3 is 6.18 Å². The molecule has 3 aromatic rings. The molecule has 2 saturated heterocycles. The number of hydrogen-bond acceptors (Lipinski definition) is 5. The highest BCUT2D eigenvalue weighted by Crippen LogP contribution is 2.35. The molecule has 1 aromatic heterocycles. The van der Waals surface area contributed by atoms with Gasteiger partial charge in [0.25, 0.3) is 11.1 Å². The zero-order valence-electron chi connectivity index (χ0n) is 19.0. The number of halogens is 4. The summed E-state index contributed by atoms with van der Waals surface area (Å²) in [7, 11) is 0. The second-order valence-corrected chi connectivity index (χ2v) is 10.4. The van der Waals surface area contributed by atoms with Crippen LogP contribution in [0.4, 0.5) is 18.0 Å². The molecule has 5 rings (SSSR count). The first-order valence-corrected chi connectivity index (χ1v) is 12.7. The van der Waals surface area contributed by atoms with Gasteiger partial charge in [0.05, 0.1) is 28.7 Å². The molecule has 0 aliphatic carbocycles. The number of amides is 2. The molecule has 36 heavy (non-hydrogen) atoms. The summed E-state index contributed by atoms with van der Waals surface area (Å²) in [5.74, 6) is -0.0407. The Labute approximate surface area is 214 Å². The number of imide groups is 1. The van der Waals surface area contributed by atoms with Crippen LogP contribution in [0.15, 0.2) is 47.5 Å². The van der Waals surface area contributed by atoms with Crippen molar-refractivity contribution in [3.05, 3.63) is 69.2 Å². The molecular formula is C25H22ClF3N4O2S. The maximum absolute atomic E-state index is 13.5. The van der Waals surface area contributed by atoms with E-state index in [1.165, 1.54) is 21.7 Å². The van der Waals surface area contributed by atoms with Crippen LogP contribution in [-0.4, -0.2) is 45.5 Å². The number of thioether (sulfide) groups is 1. The van der Waals surface area contributed by atoms with Gasteiger partial charge in [-0.1, -0.05) is 23.7 Å². The second-order valence-electron chi connectivity index (χ2n) is 8.92. The fourth-order valence-corrected chi connectivity index (χ4v) is 5.60. The fraction of sp³-hybridized carbons (Fsp3) is 0.320. The Balaban J connectivity index is 1.36. The minimum absolute atomic E-state index is 0.0147. The lowest BCUT2D eigenvalue weighted by atomic mass is 9.99. The summed E-state index contributed by atoms with van der Waals surface area (Å²) in [6, 6.07) is 8.99. The van der Waals surface area contributed by atoms with Crippen molar-refractivity contribution in [3.63, 3.8) is 0 Å². The number of nitrogens with zero attached hydrogens (tertiary/aromatic N) is 3. The third-order valence-electron chi connectivity index (χ3n) is 6.37. The fourth-order valence-electron chi connectivity index (χ4n) is 4.58. The molecule has 2 amide bonds. The number of aromatic nitrogens is 2. The van der Waals surface area contributed by atoms with Crippen molar-refractivity contribution in [2.75, 3.05) is 19.6 Å². The lowest BCUT2D eigenvalue weighted by Gasteiger charge is -2.25. The van der Waals surface area contributed by atoms with Crippen molar-refractivity contribution in [2.24, 2.45) is 5.92 Å². The van der Waals surface area contributed by atoms with Gasteiger partial charge in [0.15, 0.2) is 0 Å². The van der Waals surface area contributed by atoms with Gasteiger partial charge in [-0.3, -0.25) is 19.2 Å². The summed E-state index contributed by atoms with van der Waals surface area (Å²) in [6.45, 7) is 2.08. The average molecular weight is 535 g/mol. The molecule has 0 bridgehead atoms. The van der Waals surface area contributed by atoms with E-state index in [4.69, 9.17) is 11.6 Å². The van der Waals surface area contributed by atoms with Crippen molar-refractivity contribution in [1.29, 1.82) is 0 Å². The normalized spacial score (nSPS) is 20.2. The number of fused-ring (bicyclic) bond motifs is 1. The molecule has 188 valence electrons. The van der Waals surface area contributed by atoms with Gasteiger partial charge in [-0.25, -0.2) is 0 Å². The molecular weight excluding hydrogens is 513 g/mol. The zero-order chi connectivity index (χ0) is 25.4. The van der Waals surface area contributed by atoms with Crippen LogP contribution >= 0.6 is 23.4 Å². The number of carbonyl (C=O) groups excluding carboxylic acids is 2. The van der Waals surface area contributed by atoms with Crippen LogP contribution in [0.3, 0.4) is 0 Å². The second kappa shape index (κ2) is 9.91. The molecule has 2 aliphatic heterocycles. The molecule has 0 unspecified atom stereocenters. The van der Waals surface area contributed by atoms with Gasteiger partial charge < -0.3 is 5.32 Å². The number of alkyl halides is 3. The third kappa shape index (κ3) is 5.16. The number of nitrogens with one attached hydrogen (secondary N) is 1. The van der Waals surface area contributed by atoms with Gasteiger partial charge in [0.1, 0.15) is 0 Å². The topological polar surface area (TPSA) is 67.2 Å². The van der Waals surface area contributed by atoms with Crippen LogP contribution < -0.4 is 5.32 Å². The monoisotopic (exact) mass is 534 g/mol. The third-order valence-corrected chi connectivity index (χ3v) is 7.52. The highest BCUT2D eigenvalue weighted by Gasteiger charge is 2.36. The Bertz CT molecular complexity index is 1370. The van der Waals surface area contributed by atoms with Crippen molar-refractivity contribution >= 4 is 51.5 Å². The van der Waals surface area contributed by atoms with E-state index >= 15 is 0 Å². The molecule has 2 aliphatic rings. The number of carbonyl (C=O) groups is 2. The number of benzene rings is 2. The molecule has 3 heterocycles. The van der Waals surface area contributed by atoms with E-state index in [2.05, 4.69) is 10.4 Å². The molecule has 1 atom stereocenters. The summed E-state index contributed by atoms with van der Waals surface area (Å²) in [5, 5.41) is 8.02. The lowest BCUT2D eigenvalue weighted by molar-refractivity contribution is -0.138. The highest BCUT2D eigenvalue weighted by molar-refractivity contribution is 8.18. The van der Waals surface area contributed by atoms with Gasteiger partial charge in [0, 0.05) is 17.0 Å². The molecule has 0 spiro atoms. The first-order valence-electron chi connectivity index (χ1n) is 11.5. The molecule has 1 N–H and O–H groups in total. The van der Waals surface area contributed by atoms with E-state index in [0.717, 1.165) is 43.8 Å². The van der Waals surface area contributed by atoms with Crippen molar-refractivity contribution < 1.29 is 22.8 Å². The Morgan fingerprint density at radius 2 is 2.03 bits per heavy atom. The summed E-state index contributed by atoms with van der Waals surface area (Å²) >= 11 is 6.71. The van der Waals surface area contributed by atoms with Gasteiger partial charge in [0.2, 0.25) is 0 Å². The molecule has 2 fully saturated rings. The maximum atomic E-state index is 13.5. The SMILES string of the molecule is O=C1S/C(=C\c2ccc3c(cnn3Cc3ccc(Cl)cc3C(F)(F)F)c2)C(=O)N1C[C@H]1CCCNC1. The van der Waals surface area contributed by atoms with Crippen LogP contribution in [0.5, 0.6) is 0 Å². The average Bonchev–Trinajstić information content (AvgIpc) is 3.35. The summed E-state index contributed by atoms with van der Waals surface area (Å²) in [4.78, 5) is 27.0. The highest BCUT2D eigenvalue weighted by atomic mass is 35.5. The minimum Gasteiger partial charge on any atom is -0.316 e. The van der Waals surface area contributed by atoms with Crippen LogP contribution in [-0.2, 0) is 17.5 Å². The quantitative estimate of drug-likeness (QED) is 0.420. The van der Waals surface area contributed by atoms with Gasteiger partial charge in [-0.05, 0) is 85.1 Å². The first-order chi connectivity index (χ1) is 17.2. The van der Waals surface area contributed by atoms with E-state index in [1.807, 2.05) is 0 Å². The largest absolute Gasteiger partial charge is 0.416 e. The van der Waals surface area contributed by atoms with E-state index in [0.29, 0.717) is 27.9 Å². The summed E-state index contributed by atoms with van der Waals surface area (Å²) < 4.78 is 41.9. The van der Waals surface area contributed by atoms with Crippen molar-refractivity contribution in [3.8, 4) is 0 Å². The number of piperidine rings is 1. The Morgan fingerprint density at radius 1 is 1.19 bits per heavy atom. The van der Waals surface area contributed by atoms with Crippen molar-refractivity contribution in [1.82, 2.24) is 20.0 Å². The van der Waals surface area contributed by atoms with E-state index < -0.39 is 11.7 Å². The number of rotatable bonds is 5. The van der Waals surface area contributed by atoms with E-state index in [1.54, 1.807) is 30.5 Å². The van der Waals surface area contributed by atoms with Crippen LogP contribution in [0.25, 0.3) is 17.0 Å². The molecule has 11 heteroatoms. The lowest BCUT2D eigenvalue weighted by Crippen LogP contribution is -2.40. The van der Waals surface area contributed by atoms with Crippen LogP contribution in [0.1, 0.15) is 29.5 Å². The summed E-state index contributed by atoms with van der Waals surface area (Å²) in [6.07, 6.45) is 0.709. The van der Waals surface area contributed by atoms with Gasteiger partial charge in [-0.2, -0.15) is 18.3 Å². The molecule has 0 radical (unpaired) electrons. The standard InChI is InChI=1S/C25H22ClF3N4O2S/c26-19-5-4-17(20(10-19)25(27,28)29)14-33-21-6-3-15(8-18(21)12-31-33)9-22-23(34)32(24(35)36-22)13-16-2-1-7-30-11-16/h3-6,8-10,12,16,30H,1-2,7,11,13-14H2/b22-9-/t16-/m0/s1. The Hall–Kier alpha value is -2.82. The molecule has 6 nitrogen and oxygen atoms in total. The smallest absolute Gasteiger partial charge is 0.316 e. The minimum atomic E-state index is -4.53. The van der Waals surface area contributed by atoms with Crippen molar-refractivity contribution in [2.45, 2.75) is 25.6 Å². The number of hydrogen-bond donors (Lipinski definition) is 1. The predicted octanol–water partition coefficient (Wildman–Crippen LogP) is 5.79. The Kier molecular flexibility index (Phi) is 6.84. The zero-order valence-corrected chi connectivity index (χ0v) is 20.6. The molecule has 0 saturated carbocycles.